The number of ether oxygens (including phenoxy) is 4. The number of rotatable bonds is 10. The van der Waals surface area contributed by atoms with Crippen molar-refractivity contribution in [3.8, 4) is 0 Å². The summed E-state index contributed by atoms with van der Waals surface area (Å²) in [4.78, 5) is 0. The second kappa shape index (κ2) is 11.8. The summed E-state index contributed by atoms with van der Waals surface area (Å²) in [6.07, 6.45) is 0.417. The van der Waals surface area contributed by atoms with Crippen LogP contribution in [-0.2, 0) is 38.8 Å². The average Bonchev–Trinajstić information content (AvgIpc) is 2.84. The molecule has 1 fully saturated rings. The molecule has 4 nitrogen and oxygen atoms in total. The molecule has 0 amide bonds. The summed E-state index contributed by atoms with van der Waals surface area (Å²) in [5, 5.41) is 0. The molecule has 0 spiro atoms. The molecule has 3 aromatic rings. The molecule has 0 bridgehead atoms. The highest BCUT2D eigenvalue weighted by atomic mass is 16.6. The Kier molecular flexibility index (Phi) is 8.25. The minimum absolute atomic E-state index is 0.0389. The van der Waals surface area contributed by atoms with Crippen LogP contribution < -0.4 is 0 Å². The predicted molar refractivity (Wildman–Crippen MR) is 120 cm³/mol. The van der Waals surface area contributed by atoms with Gasteiger partial charge in [-0.05, 0) is 23.1 Å². The van der Waals surface area contributed by atoms with Gasteiger partial charge in [-0.15, -0.1) is 0 Å². The molecule has 1 heterocycles. The van der Waals surface area contributed by atoms with Gasteiger partial charge < -0.3 is 18.9 Å². The summed E-state index contributed by atoms with van der Waals surface area (Å²) in [6, 6.07) is 30.7. The van der Waals surface area contributed by atoms with E-state index in [4.69, 9.17) is 18.9 Å². The first-order chi connectivity index (χ1) is 15.4. The summed E-state index contributed by atoms with van der Waals surface area (Å²) < 4.78 is 24.7. The van der Waals surface area contributed by atoms with Crippen LogP contribution in [0.2, 0.25) is 0 Å². The molecule has 162 valence electrons. The first-order valence-electron chi connectivity index (χ1n) is 10.9. The van der Waals surface area contributed by atoms with Crippen LogP contribution in [-0.4, -0.2) is 31.5 Å². The highest BCUT2D eigenvalue weighted by Gasteiger charge is 2.36. The first-order valence-corrected chi connectivity index (χ1v) is 10.9. The maximum Gasteiger partial charge on any atom is 0.113 e. The monoisotopic (exact) mass is 418 g/mol. The number of hydrogen-bond acceptors (Lipinski definition) is 4. The van der Waals surface area contributed by atoms with Gasteiger partial charge in [0.25, 0.3) is 0 Å². The SMILES string of the molecule is c1ccc(COC[C@H]2OCC[C@H](OCc3ccccc3)[C@@H]2OCc2ccccc2)cc1. The van der Waals surface area contributed by atoms with Crippen molar-refractivity contribution in [1.82, 2.24) is 0 Å². The molecule has 0 N–H and O–H groups in total. The molecule has 4 rings (SSSR count). The van der Waals surface area contributed by atoms with Gasteiger partial charge in [-0.2, -0.15) is 0 Å². The normalized spacial score (nSPS) is 21.1. The lowest BCUT2D eigenvalue weighted by Crippen LogP contribution is -2.49. The molecule has 0 aliphatic carbocycles. The first kappa shape index (κ1) is 21.7. The molecule has 1 saturated heterocycles. The van der Waals surface area contributed by atoms with E-state index in [1.807, 2.05) is 54.6 Å². The van der Waals surface area contributed by atoms with E-state index >= 15 is 0 Å². The van der Waals surface area contributed by atoms with E-state index < -0.39 is 0 Å². The lowest BCUT2D eigenvalue weighted by atomic mass is 10.0. The summed E-state index contributed by atoms with van der Waals surface area (Å²) in [7, 11) is 0. The van der Waals surface area contributed by atoms with E-state index in [1.54, 1.807) is 0 Å². The fraction of sp³-hybridized carbons (Fsp3) is 0.333. The van der Waals surface area contributed by atoms with E-state index in [0.717, 1.165) is 23.1 Å². The average molecular weight is 419 g/mol. The zero-order valence-electron chi connectivity index (χ0n) is 17.8. The van der Waals surface area contributed by atoms with E-state index in [2.05, 4.69) is 36.4 Å². The van der Waals surface area contributed by atoms with E-state index in [9.17, 15) is 0 Å². The van der Waals surface area contributed by atoms with Gasteiger partial charge >= 0.3 is 0 Å². The Labute approximate surface area is 184 Å². The van der Waals surface area contributed by atoms with Crippen molar-refractivity contribution in [2.45, 2.75) is 44.6 Å². The summed E-state index contributed by atoms with van der Waals surface area (Å²) in [5.41, 5.74) is 3.45. The fourth-order valence-electron chi connectivity index (χ4n) is 3.78. The molecule has 31 heavy (non-hydrogen) atoms. The molecular weight excluding hydrogens is 388 g/mol. The lowest BCUT2D eigenvalue weighted by molar-refractivity contribution is -0.197. The standard InChI is InChI=1S/C27H30O4/c1-4-10-22(11-5-1)18-28-21-26-27(31-20-24-14-8-3-9-15-24)25(16-17-29-26)30-19-23-12-6-2-7-13-23/h1-15,25-27H,16-21H2/t25-,26+,27-/m0/s1. The smallest absolute Gasteiger partial charge is 0.113 e. The maximum atomic E-state index is 6.36. The van der Waals surface area contributed by atoms with Crippen LogP contribution in [0.5, 0.6) is 0 Å². The summed E-state index contributed by atoms with van der Waals surface area (Å²) in [5.74, 6) is 0. The van der Waals surface area contributed by atoms with Crippen LogP contribution in [0.15, 0.2) is 91.0 Å². The highest BCUT2D eigenvalue weighted by Crippen LogP contribution is 2.24. The van der Waals surface area contributed by atoms with Gasteiger partial charge in [-0.3, -0.25) is 0 Å². The van der Waals surface area contributed by atoms with Crippen molar-refractivity contribution in [2.24, 2.45) is 0 Å². The topological polar surface area (TPSA) is 36.9 Å². The van der Waals surface area contributed by atoms with Gasteiger partial charge in [-0.25, -0.2) is 0 Å². The lowest BCUT2D eigenvalue weighted by Gasteiger charge is -2.37. The van der Waals surface area contributed by atoms with Gasteiger partial charge in [0.05, 0.1) is 32.5 Å². The van der Waals surface area contributed by atoms with Crippen LogP contribution in [0.3, 0.4) is 0 Å². The van der Waals surface area contributed by atoms with Gasteiger partial charge in [0.1, 0.15) is 12.2 Å². The van der Waals surface area contributed by atoms with Crippen molar-refractivity contribution in [3.05, 3.63) is 108 Å². The third-order valence-corrected chi connectivity index (χ3v) is 5.45. The molecule has 1 aliphatic heterocycles. The Hall–Kier alpha value is -2.50. The molecule has 3 atom stereocenters. The molecule has 0 aromatic heterocycles. The Morgan fingerprint density at radius 1 is 0.645 bits per heavy atom. The van der Waals surface area contributed by atoms with E-state index in [0.29, 0.717) is 33.0 Å². The van der Waals surface area contributed by atoms with E-state index in [1.165, 1.54) is 0 Å². The second-order valence-corrected chi connectivity index (χ2v) is 7.79. The zero-order chi connectivity index (χ0) is 21.1. The van der Waals surface area contributed by atoms with Crippen molar-refractivity contribution < 1.29 is 18.9 Å². The van der Waals surface area contributed by atoms with Gasteiger partial charge in [0.2, 0.25) is 0 Å². The quantitative estimate of drug-likeness (QED) is 0.456. The molecule has 1 aliphatic rings. The van der Waals surface area contributed by atoms with Crippen molar-refractivity contribution in [1.29, 1.82) is 0 Å². The Morgan fingerprint density at radius 3 is 1.74 bits per heavy atom. The van der Waals surface area contributed by atoms with Gasteiger partial charge in [0, 0.05) is 6.61 Å². The van der Waals surface area contributed by atoms with Crippen LogP contribution >= 0.6 is 0 Å². The minimum atomic E-state index is -0.187. The Bertz CT molecular complexity index is 870. The van der Waals surface area contributed by atoms with Crippen molar-refractivity contribution in [2.75, 3.05) is 13.2 Å². The van der Waals surface area contributed by atoms with Crippen LogP contribution in [0, 0.1) is 0 Å². The second-order valence-electron chi connectivity index (χ2n) is 7.79. The molecular formula is C27H30O4. The molecule has 3 aromatic carbocycles. The van der Waals surface area contributed by atoms with Gasteiger partial charge in [0.15, 0.2) is 0 Å². The van der Waals surface area contributed by atoms with E-state index in [-0.39, 0.29) is 18.3 Å². The van der Waals surface area contributed by atoms with Gasteiger partial charge in [-0.1, -0.05) is 91.0 Å². The molecule has 4 heteroatoms. The predicted octanol–water partition coefficient (Wildman–Crippen LogP) is 5.16. The summed E-state index contributed by atoms with van der Waals surface area (Å²) >= 11 is 0. The van der Waals surface area contributed by atoms with Crippen LogP contribution in [0.25, 0.3) is 0 Å². The summed E-state index contributed by atoms with van der Waals surface area (Å²) in [6.45, 7) is 2.76. The Morgan fingerprint density at radius 2 is 1.16 bits per heavy atom. The Balaban J connectivity index is 1.38. The zero-order valence-corrected chi connectivity index (χ0v) is 17.8. The maximum absolute atomic E-state index is 6.36. The number of benzene rings is 3. The number of hydrogen-bond donors (Lipinski definition) is 0. The largest absolute Gasteiger partial charge is 0.374 e. The molecule has 0 unspecified atom stereocenters. The highest BCUT2D eigenvalue weighted by molar-refractivity contribution is 5.15. The van der Waals surface area contributed by atoms with Crippen LogP contribution in [0.4, 0.5) is 0 Å². The van der Waals surface area contributed by atoms with Crippen molar-refractivity contribution in [3.63, 3.8) is 0 Å². The molecule has 0 radical (unpaired) electrons. The van der Waals surface area contributed by atoms with Crippen LogP contribution in [0.1, 0.15) is 23.1 Å². The third-order valence-electron chi connectivity index (χ3n) is 5.45. The fourth-order valence-corrected chi connectivity index (χ4v) is 3.78. The van der Waals surface area contributed by atoms with Crippen molar-refractivity contribution >= 4 is 0 Å². The minimum Gasteiger partial charge on any atom is -0.374 e. The molecule has 0 saturated carbocycles. The third kappa shape index (κ3) is 6.74.